The molecule has 0 spiro atoms. The topological polar surface area (TPSA) is 65.1 Å². The molecule has 1 aliphatic heterocycles. The van der Waals surface area contributed by atoms with Crippen molar-refractivity contribution in [3.8, 4) is 0 Å². The van der Waals surface area contributed by atoms with Gasteiger partial charge in [-0.2, -0.15) is 0 Å². The van der Waals surface area contributed by atoms with E-state index < -0.39 is 0 Å². The molecule has 5 nitrogen and oxygen atoms in total. The van der Waals surface area contributed by atoms with Crippen LogP contribution < -0.4 is 0 Å². The smallest absolute Gasteiger partial charge is 0.306 e. The van der Waals surface area contributed by atoms with Gasteiger partial charge < -0.3 is 14.2 Å². The number of carbonyl (C=O) groups excluding carboxylic acids is 2. The van der Waals surface area contributed by atoms with Crippen LogP contribution in [0.3, 0.4) is 0 Å². The van der Waals surface area contributed by atoms with E-state index in [0.29, 0.717) is 12.5 Å². The summed E-state index contributed by atoms with van der Waals surface area (Å²) in [5.74, 6) is -0.323. The van der Waals surface area contributed by atoms with E-state index in [1.807, 2.05) is 26.8 Å². The van der Waals surface area contributed by atoms with E-state index in [1.54, 1.807) is 0 Å². The summed E-state index contributed by atoms with van der Waals surface area (Å²) >= 11 is 0. The Bertz CT molecular complexity index is 506. The minimum absolute atomic E-state index is 0.0970. The largest absolute Gasteiger partial charge is 0.460 e. The maximum atomic E-state index is 11.7. The number of epoxide rings is 1. The van der Waals surface area contributed by atoms with Crippen LogP contribution in [-0.2, 0) is 23.8 Å². The third-order valence-corrected chi connectivity index (χ3v) is 4.84. The van der Waals surface area contributed by atoms with Crippen LogP contribution in [0.15, 0.2) is 12.2 Å². The molecule has 1 saturated heterocycles. The van der Waals surface area contributed by atoms with Gasteiger partial charge in [-0.05, 0) is 52.5 Å². The van der Waals surface area contributed by atoms with Gasteiger partial charge in [0.15, 0.2) is 0 Å². The summed E-state index contributed by atoms with van der Waals surface area (Å²) < 4.78 is 16.4. The van der Waals surface area contributed by atoms with E-state index >= 15 is 0 Å². The Balaban J connectivity index is 2.08. The molecule has 168 valence electrons. The Hall–Kier alpha value is -1.36. The van der Waals surface area contributed by atoms with Crippen molar-refractivity contribution in [2.75, 3.05) is 0 Å². The fraction of sp³-hybridized carbons (Fsp3) is 0.833. The van der Waals surface area contributed by atoms with E-state index in [0.717, 1.165) is 64.2 Å². The molecule has 0 unspecified atom stereocenters. The number of rotatable bonds is 15. The normalized spacial score (nSPS) is 19.9. The van der Waals surface area contributed by atoms with Crippen molar-refractivity contribution in [1.82, 2.24) is 0 Å². The molecule has 0 amide bonds. The van der Waals surface area contributed by atoms with Gasteiger partial charge >= 0.3 is 11.9 Å². The maximum Gasteiger partial charge on any atom is 0.306 e. The molecule has 0 aromatic heterocycles. The van der Waals surface area contributed by atoms with Gasteiger partial charge in [0.2, 0.25) is 0 Å². The van der Waals surface area contributed by atoms with Gasteiger partial charge in [-0.25, -0.2) is 0 Å². The predicted octanol–water partition coefficient (Wildman–Crippen LogP) is 5.89. The van der Waals surface area contributed by atoms with Gasteiger partial charge in [0.25, 0.3) is 0 Å². The lowest BCUT2D eigenvalue weighted by Crippen LogP contribution is -2.23. The first-order valence-corrected chi connectivity index (χ1v) is 11.4. The summed E-state index contributed by atoms with van der Waals surface area (Å²) in [4.78, 5) is 22.9. The molecule has 0 aliphatic carbocycles. The summed E-state index contributed by atoms with van der Waals surface area (Å²) in [6.45, 7) is 9.33. The lowest BCUT2D eigenvalue weighted by atomic mass is 10.1. The van der Waals surface area contributed by atoms with Crippen molar-refractivity contribution in [3.05, 3.63) is 12.2 Å². The Morgan fingerprint density at radius 1 is 1.03 bits per heavy atom. The Kier molecular flexibility index (Phi) is 12.2. The maximum absolute atomic E-state index is 11.7. The van der Waals surface area contributed by atoms with Crippen LogP contribution in [0, 0.1) is 0 Å². The van der Waals surface area contributed by atoms with Gasteiger partial charge in [-0.3, -0.25) is 9.59 Å². The van der Waals surface area contributed by atoms with Crippen molar-refractivity contribution in [3.63, 3.8) is 0 Å². The SMILES string of the molecule is CCCCC[C@@H](/C=C/[C@H]1O[C@H]1CCCCCCCC(=O)OC(C)(C)C)OC(C)=O. The van der Waals surface area contributed by atoms with Crippen molar-refractivity contribution in [1.29, 1.82) is 0 Å². The quantitative estimate of drug-likeness (QED) is 0.146. The van der Waals surface area contributed by atoms with Crippen molar-refractivity contribution in [2.45, 2.75) is 129 Å². The number of hydrogen-bond donors (Lipinski definition) is 0. The van der Waals surface area contributed by atoms with Gasteiger partial charge in [0.05, 0.1) is 6.10 Å². The fourth-order valence-electron chi connectivity index (χ4n) is 3.33. The first-order chi connectivity index (χ1) is 13.7. The van der Waals surface area contributed by atoms with Gasteiger partial charge in [0.1, 0.15) is 17.8 Å². The summed E-state index contributed by atoms with van der Waals surface area (Å²) in [7, 11) is 0. The lowest BCUT2D eigenvalue weighted by Gasteiger charge is -2.19. The van der Waals surface area contributed by atoms with Crippen LogP contribution >= 0.6 is 0 Å². The van der Waals surface area contributed by atoms with Crippen molar-refractivity contribution >= 4 is 11.9 Å². The highest BCUT2D eigenvalue weighted by Gasteiger charge is 2.35. The Morgan fingerprint density at radius 2 is 1.72 bits per heavy atom. The van der Waals surface area contributed by atoms with Crippen LogP contribution in [0.2, 0.25) is 0 Å². The van der Waals surface area contributed by atoms with Crippen LogP contribution in [-0.4, -0.2) is 35.9 Å². The average Bonchev–Trinajstić information content (AvgIpc) is 3.35. The minimum Gasteiger partial charge on any atom is -0.460 e. The Labute approximate surface area is 177 Å². The van der Waals surface area contributed by atoms with Gasteiger partial charge in [-0.1, -0.05) is 51.5 Å². The highest BCUT2D eigenvalue weighted by atomic mass is 16.6. The minimum atomic E-state index is -0.389. The molecular formula is C24H42O5. The van der Waals surface area contributed by atoms with E-state index in [-0.39, 0.29) is 29.7 Å². The monoisotopic (exact) mass is 410 g/mol. The van der Waals surface area contributed by atoms with E-state index in [4.69, 9.17) is 14.2 Å². The first kappa shape index (κ1) is 25.7. The third-order valence-electron chi connectivity index (χ3n) is 4.84. The zero-order valence-electron chi connectivity index (χ0n) is 19.2. The van der Waals surface area contributed by atoms with Crippen molar-refractivity contribution in [2.24, 2.45) is 0 Å². The molecule has 0 saturated carbocycles. The molecule has 29 heavy (non-hydrogen) atoms. The number of hydrogen-bond acceptors (Lipinski definition) is 5. The lowest BCUT2D eigenvalue weighted by molar-refractivity contribution is -0.155. The molecule has 0 aromatic rings. The average molecular weight is 411 g/mol. The van der Waals surface area contributed by atoms with Crippen LogP contribution in [0.5, 0.6) is 0 Å². The van der Waals surface area contributed by atoms with Gasteiger partial charge in [0, 0.05) is 13.3 Å². The fourth-order valence-corrected chi connectivity index (χ4v) is 3.33. The van der Waals surface area contributed by atoms with Crippen LogP contribution in [0.4, 0.5) is 0 Å². The summed E-state index contributed by atoms with van der Waals surface area (Å²) in [5.41, 5.74) is -0.389. The second-order valence-corrected chi connectivity index (χ2v) is 9.06. The summed E-state index contributed by atoms with van der Waals surface area (Å²) in [5, 5.41) is 0. The van der Waals surface area contributed by atoms with Crippen LogP contribution in [0.25, 0.3) is 0 Å². The summed E-state index contributed by atoms with van der Waals surface area (Å²) in [6, 6.07) is 0. The predicted molar refractivity (Wildman–Crippen MR) is 116 cm³/mol. The highest BCUT2D eigenvalue weighted by Crippen LogP contribution is 2.29. The highest BCUT2D eigenvalue weighted by molar-refractivity contribution is 5.69. The first-order valence-electron chi connectivity index (χ1n) is 11.4. The Morgan fingerprint density at radius 3 is 2.38 bits per heavy atom. The van der Waals surface area contributed by atoms with Gasteiger partial charge in [-0.15, -0.1) is 0 Å². The standard InChI is InChI=1S/C24H42O5/c1-6-7-11-14-20(27-19(2)25)17-18-22-21(28-22)15-12-9-8-10-13-16-23(26)29-24(3,4)5/h17-18,20-22H,6-16H2,1-5H3/b18-17+/t20-,21-,22+/m0/s1. The third kappa shape index (κ3) is 14.3. The van der Waals surface area contributed by atoms with E-state index in [2.05, 4.69) is 13.0 Å². The number of ether oxygens (including phenoxy) is 3. The molecule has 0 N–H and O–H groups in total. The molecule has 1 heterocycles. The molecule has 5 heteroatoms. The number of carbonyl (C=O) groups is 2. The van der Waals surface area contributed by atoms with E-state index in [9.17, 15) is 9.59 Å². The molecular weight excluding hydrogens is 368 g/mol. The molecule has 0 bridgehead atoms. The zero-order chi connectivity index (χ0) is 21.7. The molecule has 3 atom stereocenters. The molecule has 1 rings (SSSR count). The van der Waals surface area contributed by atoms with E-state index in [1.165, 1.54) is 6.92 Å². The van der Waals surface area contributed by atoms with Crippen LogP contribution in [0.1, 0.15) is 105 Å². The van der Waals surface area contributed by atoms with Crippen molar-refractivity contribution < 1.29 is 23.8 Å². The second-order valence-electron chi connectivity index (χ2n) is 9.06. The molecule has 1 aliphatic rings. The molecule has 0 aromatic carbocycles. The second kappa shape index (κ2) is 13.8. The molecule has 1 fully saturated rings. The number of esters is 2. The molecule has 0 radical (unpaired) electrons. The zero-order valence-corrected chi connectivity index (χ0v) is 19.2. The number of unbranched alkanes of at least 4 members (excludes halogenated alkanes) is 6. The summed E-state index contributed by atoms with van der Waals surface area (Å²) in [6.07, 6.45) is 15.7.